The molecular formula is C20H32N2O6S. The maximum atomic E-state index is 11.9. The molecular weight excluding hydrogens is 396 g/mol. The highest BCUT2D eigenvalue weighted by molar-refractivity contribution is 8.24. The van der Waals surface area contributed by atoms with Crippen LogP contribution < -0.4 is 4.90 Å². The van der Waals surface area contributed by atoms with E-state index in [0.29, 0.717) is 48.7 Å². The first kappa shape index (κ1) is 23.4. The predicted molar refractivity (Wildman–Crippen MR) is 116 cm³/mol. The summed E-state index contributed by atoms with van der Waals surface area (Å²) in [5, 5.41) is 11.8. The third kappa shape index (κ3) is 5.83. The van der Waals surface area contributed by atoms with Crippen molar-refractivity contribution in [3.8, 4) is 0 Å². The number of carbonyl (C=O) groups excluding carboxylic acids is 1. The molecule has 0 spiro atoms. The third-order valence-corrected chi connectivity index (χ3v) is 7.27. The van der Waals surface area contributed by atoms with Crippen molar-refractivity contribution in [2.24, 2.45) is 0 Å². The number of hydrogen-bond acceptors (Lipinski definition) is 7. The number of rotatable bonds is 8. The Kier molecular flexibility index (Phi) is 7.53. The Balaban J connectivity index is 2.33. The van der Waals surface area contributed by atoms with Gasteiger partial charge in [-0.3, -0.25) is 24.0 Å². The lowest BCUT2D eigenvalue weighted by Crippen LogP contribution is -2.40. The summed E-state index contributed by atoms with van der Waals surface area (Å²) in [7, 11) is -2.51. The van der Waals surface area contributed by atoms with Gasteiger partial charge in [0.1, 0.15) is 5.69 Å². The van der Waals surface area contributed by atoms with Gasteiger partial charge in [0.2, 0.25) is 0 Å². The average molecular weight is 429 g/mol. The molecule has 29 heavy (non-hydrogen) atoms. The van der Waals surface area contributed by atoms with Crippen LogP contribution in [-0.4, -0.2) is 50.7 Å². The summed E-state index contributed by atoms with van der Waals surface area (Å²) in [6.45, 7) is 8.30. The molecule has 0 saturated carbocycles. The first-order chi connectivity index (χ1) is 13.5. The molecule has 0 unspecified atom stereocenters. The molecule has 0 aliphatic carbocycles. The molecule has 0 atom stereocenters. The minimum Gasteiger partial charge on any atom is -0.466 e. The van der Waals surface area contributed by atoms with Crippen LogP contribution in [0.5, 0.6) is 0 Å². The molecule has 9 heteroatoms. The summed E-state index contributed by atoms with van der Waals surface area (Å²) in [6, 6.07) is 5.15. The van der Waals surface area contributed by atoms with Crippen LogP contribution in [0.15, 0.2) is 18.2 Å². The van der Waals surface area contributed by atoms with Crippen molar-refractivity contribution in [2.45, 2.75) is 58.4 Å². The van der Waals surface area contributed by atoms with Crippen LogP contribution in [0.2, 0.25) is 0 Å². The number of esters is 1. The highest BCUT2D eigenvalue weighted by atomic mass is 32.3. The molecule has 164 valence electrons. The van der Waals surface area contributed by atoms with Gasteiger partial charge in [0, 0.05) is 35.6 Å². The smallest absolute Gasteiger partial charge is 0.306 e. The van der Waals surface area contributed by atoms with Crippen molar-refractivity contribution in [1.82, 2.24) is 0 Å². The van der Waals surface area contributed by atoms with Gasteiger partial charge in [-0.25, -0.2) is 0 Å². The van der Waals surface area contributed by atoms with E-state index < -0.39 is 20.9 Å². The lowest BCUT2D eigenvalue weighted by atomic mass is 9.81. The topological polar surface area (TPSA) is 113 Å². The van der Waals surface area contributed by atoms with Crippen LogP contribution in [0.25, 0.3) is 0 Å². The fourth-order valence-electron chi connectivity index (χ4n) is 3.84. The second kappa shape index (κ2) is 9.32. The van der Waals surface area contributed by atoms with Crippen LogP contribution >= 0.6 is 10.6 Å². The average Bonchev–Trinajstić information content (AvgIpc) is 2.63. The Morgan fingerprint density at radius 3 is 2.45 bits per heavy atom. The van der Waals surface area contributed by atoms with Gasteiger partial charge in [-0.15, -0.1) is 0 Å². The van der Waals surface area contributed by atoms with E-state index in [4.69, 9.17) is 4.74 Å². The van der Waals surface area contributed by atoms with Crippen LogP contribution in [0, 0.1) is 10.1 Å². The zero-order chi connectivity index (χ0) is 21.8. The molecule has 0 amide bonds. The summed E-state index contributed by atoms with van der Waals surface area (Å²) in [5.74, 6) is 0.319. The maximum Gasteiger partial charge on any atom is 0.306 e. The van der Waals surface area contributed by atoms with Gasteiger partial charge in [-0.2, -0.15) is 10.6 Å². The number of benzene rings is 1. The first-order valence-electron chi connectivity index (χ1n) is 9.95. The number of nitrogens with zero attached hydrogens (tertiary/aromatic N) is 2. The summed E-state index contributed by atoms with van der Waals surface area (Å²) >= 11 is 0. The van der Waals surface area contributed by atoms with Crippen LogP contribution in [0.1, 0.15) is 52.5 Å². The highest BCUT2D eigenvalue weighted by Crippen LogP contribution is 2.46. The van der Waals surface area contributed by atoms with E-state index >= 15 is 0 Å². The largest absolute Gasteiger partial charge is 0.466 e. The Labute approximate surface area is 173 Å². The highest BCUT2D eigenvalue weighted by Gasteiger charge is 2.33. The molecule has 2 rings (SSSR count). The molecule has 2 N–H and O–H groups in total. The summed E-state index contributed by atoms with van der Waals surface area (Å²) in [5.41, 5.74) is 0.624. The molecule has 1 aliphatic rings. The Hall–Kier alpha value is -1.84. The lowest BCUT2D eigenvalue weighted by Gasteiger charge is -2.43. The van der Waals surface area contributed by atoms with E-state index in [1.54, 1.807) is 19.1 Å². The second-order valence-electron chi connectivity index (χ2n) is 8.05. The molecule has 1 aromatic rings. The third-order valence-electron chi connectivity index (χ3n) is 5.49. The van der Waals surface area contributed by atoms with Crippen molar-refractivity contribution in [3.05, 3.63) is 33.9 Å². The molecule has 1 saturated heterocycles. The van der Waals surface area contributed by atoms with E-state index in [9.17, 15) is 24.0 Å². The Morgan fingerprint density at radius 2 is 1.93 bits per heavy atom. The summed E-state index contributed by atoms with van der Waals surface area (Å²) in [6.07, 6.45) is 1.31. The van der Waals surface area contributed by atoms with E-state index in [0.717, 1.165) is 0 Å². The molecule has 0 radical (unpaired) electrons. The molecule has 0 aromatic heterocycles. The predicted octanol–water partition coefficient (Wildman–Crippen LogP) is 4.56. The Bertz CT molecular complexity index is 742. The standard InChI is InChI=1S/C20H32N2O6S/c1-5-21(16-9-11-29(26,27)12-10-16)17-8-7-15(13-18(17)22(24)25)20(3,4)14-19(23)28-6-2/h7-8,13,16,26-27H,5-6,9-12,14H2,1-4H3. The first-order valence-corrected chi connectivity index (χ1v) is 11.8. The molecule has 1 aromatic carbocycles. The molecule has 0 bridgehead atoms. The van der Waals surface area contributed by atoms with Crippen LogP contribution in [0.3, 0.4) is 0 Å². The SMILES string of the molecule is CCOC(=O)CC(C)(C)c1ccc(N(CC)C2CCS(O)(O)CC2)c([N+](=O)[O-])c1. The van der Waals surface area contributed by atoms with E-state index in [-0.39, 0.29) is 24.1 Å². The van der Waals surface area contributed by atoms with Crippen LogP contribution in [0.4, 0.5) is 11.4 Å². The van der Waals surface area contributed by atoms with Crippen molar-refractivity contribution < 1.29 is 23.6 Å². The van der Waals surface area contributed by atoms with Gasteiger partial charge >= 0.3 is 5.97 Å². The number of carbonyl (C=O) groups is 1. The maximum absolute atomic E-state index is 11.9. The number of anilines is 1. The fourth-order valence-corrected chi connectivity index (χ4v) is 5.34. The zero-order valence-electron chi connectivity index (χ0n) is 17.6. The quantitative estimate of drug-likeness (QED) is 0.354. The van der Waals surface area contributed by atoms with Gasteiger partial charge in [0.05, 0.1) is 18.0 Å². The zero-order valence-corrected chi connectivity index (χ0v) is 18.4. The van der Waals surface area contributed by atoms with Crippen molar-refractivity contribution in [2.75, 3.05) is 29.6 Å². The summed E-state index contributed by atoms with van der Waals surface area (Å²) < 4.78 is 24.8. The summed E-state index contributed by atoms with van der Waals surface area (Å²) in [4.78, 5) is 25.4. The fraction of sp³-hybridized carbons (Fsp3) is 0.650. The molecule has 1 heterocycles. The van der Waals surface area contributed by atoms with Gasteiger partial charge in [-0.05, 0) is 38.3 Å². The second-order valence-corrected chi connectivity index (χ2v) is 10.5. The Morgan fingerprint density at radius 1 is 1.31 bits per heavy atom. The van der Waals surface area contributed by atoms with Gasteiger partial charge in [0.15, 0.2) is 0 Å². The van der Waals surface area contributed by atoms with Gasteiger partial charge in [0.25, 0.3) is 5.69 Å². The lowest BCUT2D eigenvalue weighted by molar-refractivity contribution is -0.384. The number of nitro benzene ring substituents is 1. The normalized spacial score (nSPS) is 18.1. The molecule has 8 nitrogen and oxygen atoms in total. The van der Waals surface area contributed by atoms with E-state index in [1.165, 1.54) is 0 Å². The number of hydrogen-bond donors (Lipinski definition) is 2. The number of ether oxygens (including phenoxy) is 1. The minimum absolute atomic E-state index is 0.00142. The van der Waals surface area contributed by atoms with Crippen molar-refractivity contribution in [1.29, 1.82) is 0 Å². The van der Waals surface area contributed by atoms with Gasteiger partial charge in [-0.1, -0.05) is 19.9 Å². The monoisotopic (exact) mass is 428 g/mol. The van der Waals surface area contributed by atoms with Crippen molar-refractivity contribution in [3.63, 3.8) is 0 Å². The van der Waals surface area contributed by atoms with E-state index in [1.807, 2.05) is 31.7 Å². The van der Waals surface area contributed by atoms with E-state index in [2.05, 4.69) is 0 Å². The minimum atomic E-state index is -2.51. The van der Waals surface area contributed by atoms with Gasteiger partial charge < -0.3 is 9.64 Å². The molecule has 1 aliphatic heterocycles. The molecule has 1 fully saturated rings. The van der Waals surface area contributed by atoms with Crippen molar-refractivity contribution >= 4 is 27.9 Å². The number of nitro groups is 1. The van der Waals surface area contributed by atoms with Crippen LogP contribution in [-0.2, 0) is 14.9 Å².